The number of nitro groups is 1. The topological polar surface area (TPSA) is 43.1 Å². The maximum Gasteiger partial charge on any atom is 0.269 e. The molecule has 0 spiro atoms. The predicted molar refractivity (Wildman–Crippen MR) is 65.1 cm³/mol. The van der Waals surface area contributed by atoms with Crippen molar-refractivity contribution in [2.24, 2.45) is 0 Å². The summed E-state index contributed by atoms with van der Waals surface area (Å²) in [4.78, 5) is 10.0. The van der Waals surface area contributed by atoms with Crippen LogP contribution in [-0.4, -0.2) is 4.92 Å². The third-order valence-corrected chi connectivity index (χ3v) is 2.34. The van der Waals surface area contributed by atoms with Gasteiger partial charge in [-0.15, -0.1) is 5.73 Å². The Morgan fingerprint density at radius 3 is 2.38 bits per heavy atom. The van der Waals surface area contributed by atoms with Crippen molar-refractivity contribution in [2.45, 2.75) is 13.8 Å². The van der Waals surface area contributed by atoms with E-state index in [9.17, 15) is 10.1 Å². The lowest BCUT2D eigenvalue weighted by molar-refractivity contribution is -0.384. The molecule has 0 aliphatic rings. The van der Waals surface area contributed by atoms with E-state index in [1.807, 2.05) is 19.9 Å². The average Bonchev–Trinajstić information content (AvgIpc) is 2.28. The van der Waals surface area contributed by atoms with Gasteiger partial charge in [-0.1, -0.05) is 12.7 Å². The Morgan fingerprint density at radius 1 is 1.38 bits per heavy atom. The second-order valence-electron chi connectivity index (χ2n) is 3.48. The molecule has 0 fully saturated rings. The van der Waals surface area contributed by atoms with Crippen LogP contribution in [0.1, 0.15) is 19.4 Å². The summed E-state index contributed by atoms with van der Waals surface area (Å²) >= 11 is 0. The first-order valence-electron chi connectivity index (χ1n) is 4.84. The Labute approximate surface area is 94.6 Å². The van der Waals surface area contributed by atoms with Crippen molar-refractivity contribution in [3.8, 4) is 0 Å². The van der Waals surface area contributed by atoms with Crippen LogP contribution in [0, 0.1) is 10.1 Å². The van der Waals surface area contributed by atoms with E-state index in [4.69, 9.17) is 0 Å². The largest absolute Gasteiger partial charge is 0.269 e. The monoisotopic (exact) mass is 215 g/mol. The van der Waals surface area contributed by atoms with E-state index in [1.165, 1.54) is 12.1 Å². The molecule has 0 saturated carbocycles. The molecule has 1 aromatic rings. The van der Waals surface area contributed by atoms with Gasteiger partial charge in [-0.3, -0.25) is 10.1 Å². The zero-order chi connectivity index (χ0) is 12.1. The highest BCUT2D eigenvalue weighted by atomic mass is 16.6. The number of hydrogen-bond acceptors (Lipinski definition) is 2. The van der Waals surface area contributed by atoms with Gasteiger partial charge in [0.2, 0.25) is 0 Å². The van der Waals surface area contributed by atoms with Crippen molar-refractivity contribution in [2.75, 3.05) is 0 Å². The van der Waals surface area contributed by atoms with Crippen LogP contribution in [0.15, 0.2) is 47.7 Å². The van der Waals surface area contributed by atoms with E-state index < -0.39 is 4.92 Å². The van der Waals surface area contributed by atoms with Crippen LogP contribution in [0.4, 0.5) is 5.69 Å². The molecule has 0 radical (unpaired) electrons. The Bertz CT molecular complexity index is 477. The highest BCUT2D eigenvalue weighted by molar-refractivity contribution is 5.58. The van der Waals surface area contributed by atoms with E-state index in [-0.39, 0.29) is 5.69 Å². The van der Waals surface area contributed by atoms with Crippen LogP contribution in [-0.2, 0) is 0 Å². The van der Waals surface area contributed by atoms with Crippen LogP contribution >= 0.6 is 0 Å². The second kappa shape index (κ2) is 5.10. The molecule has 1 aromatic carbocycles. The number of rotatable bonds is 3. The third-order valence-electron chi connectivity index (χ3n) is 2.34. The predicted octanol–water partition coefficient (Wildman–Crippen LogP) is 3.73. The molecule has 0 aliphatic carbocycles. The van der Waals surface area contributed by atoms with Crippen molar-refractivity contribution in [1.82, 2.24) is 0 Å². The third kappa shape index (κ3) is 2.94. The fourth-order valence-corrected chi connectivity index (χ4v) is 1.19. The van der Waals surface area contributed by atoms with E-state index in [0.29, 0.717) is 0 Å². The van der Waals surface area contributed by atoms with Crippen molar-refractivity contribution in [1.29, 1.82) is 0 Å². The van der Waals surface area contributed by atoms with E-state index in [2.05, 4.69) is 12.3 Å². The van der Waals surface area contributed by atoms with Crippen molar-refractivity contribution in [3.05, 3.63) is 63.4 Å². The normalized spacial score (nSPS) is 10.8. The van der Waals surface area contributed by atoms with E-state index in [1.54, 1.807) is 12.1 Å². The quantitative estimate of drug-likeness (QED) is 0.333. The van der Waals surface area contributed by atoms with Gasteiger partial charge in [0.25, 0.3) is 5.69 Å². The number of nitrogens with zero attached hydrogens (tertiary/aromatic N) is 1. The number of non-ortho nitro benzene ring substituents is 1. The fraction of sp³-hybridized carbons (Fsp3) is 0.154. The Kier molecular flexibility index (Phi) is 3.81. The molecular weight excluding hydrogens is 202 g/mol. The first-order valence-corrected chi connectivity index (χ1v) is 4.84. The molecule has 0 atom stereocenters. The molecule has 0 heterocycles. The van der Waals surface area contributed by atoms with Gasteiger partial charge >= 0.3 is 0 Å². The smallest absolute Gasteiger partial charge is 0.258 e. The van der Waals surface area contributed by atoms with Gasteiger partial charge in [0.1, 0.15) is 0 Å². The molecule has 0 unspecified atom stereocenters. The first-order chi connectivity index (χ1) is 7.54. The lowest BCUT2D eigenvalue weighted by Crippen LogP contribution is -1.87. The average molecular weight is 215 g/mol. The van der Waals surface area contributed by atoms with Crippen LogP contribution in [0.2, 0.25) is 0 Å². The van der Waals surface area contributed by atoms with Gasteiger partial charge in [0.15, 0.2) is 0 Å². The van der Waals surface area contributed by atoms with Crippen LogP contribution < -0.4 is 0 Å². The minimum absolute atomic E-state index is 0.103. The van der Waals surface area contributed by atoms with Gasteiger partial charge in [-0.25, -0.2) is 0 Å². The summed E-state index contributed by atoms with van der Waals surface area (Å²) < 4.78 is 0. The molecule has 0 bridgehead atoms. The Morgan fingerprint density at radius 2 is 1.94 bits per heavy atom. The summed E-state index contributed by atoms with van der Waals surface area (Å²) in [5.74, 6) is 0. The molecule has 0 aromatic heterocycles. The van der Waals surface area contributed by atoms with Gasteiger partial charge in [-0.2, -0.15) is 0 Å². The van der Waals surface area contributed by atoms with Crippen molar-refractivity contribution < 1.29 is 4.92 Å². The summed E-state index contributed by atoms with van der Waals surface area (Å²) in [6.45, 7) is 7.44. The lowest BCUT2D eigenvalue weighted by Gasteiger charge is -1.99. The summed E-state index contributed by atoms with van der Waals surface area (Å²) in [6.07, 6.45) is 1.94. The minimum atomic E-state index is -0.407. The number of nitro benzene ring substituents is 1. The first kappa shape index (κ1) is 12.0. The van der Waals surface area contributed by atoms with Crippen LogP contribution in [0.3, 0.4) is 0 Å². The van der Waals surface area contributed by atoms with Gasteiger partial charge in [0.05, 0.1) is 4.92 Å². The van der Waals surface area contributed by atoms with E-state index >= 15 is 0 Å². The molecular formula is C13H13NO2. The van der Waals surface area contributed by atoms with Crippen molar-refractivity contribution in [3.63, 3.8) is 0 Å². The highest BCUT2D eigenvalue weighted by Gasteiger charge is 2.02. The molecule has 0 aliphatic heterocycles. The zero-order valence-electron chi connectivity index (χ0n) is 9.36. The van der Waals surface area contributed by atoms with Gasteiger partial charge in [-0.05, 0) is 42.7 Å². The Hall–Kier alpha value is -2.12. The van der Waals surface area contributed by atoms with Crippen LogP contribution in [0.5, 0.6) is 0 Å². The molecule has 0 amide bonds. The maximum absolute atomic E-state index is 10.5. The minimum Gasteiger partial charge on any atom is -0.258 e. The molecule has 0 N–H and O–H groups in total. The summed E-state index contributed by atoms with van der Waals surface area (Å²) in [7, 11) is 0. The van der Waals surface area contributed by atoms with Gasteiger partial charge in [0, 0.05) is 12.1 Å². The summed E-state index contributed by atoms with van der Waals surface area (Å²) in [5.41, 5.74) is 5.85. The molecule has 16 heavy (non-hydrogen) atoms. The number of benzene rings is 1. The number of hydrogen-bond donors (Lipinski definition) is 0. The van der Waals surface area contributed by atoms with Gasteiger partial charge < -0.3 is 0 Å². The second-order valence-corrected chi connectivity index (χ2v) is 3.48. The summed E-state index contributed by atoms with van der Waals surface area (Å²) in [5, 5.41) is 10.5. The molecule has 3 heteroatoms. The zero-order valence-corrected chi connectivity index (χ0v) is 9.36. The maximum atomic E-state index is 10.5. The van der Waals surface area contributed by atoms with E-state index in [0.717, 1.165) is 16.7 Å². The highest BCUT2D eigenvalue weighted by Crippen LogP contribution is 2.16. The molecule has 0 saturated heterocycles. The SMILES string of the molecule is C=C=C(C)/C(C)=C/c1ccc([N+](=O)[O-])cc1. The molecule has 3 nitrogen and oxygen atoms in total. The number of allylic oxidation sites excluding steroid dienone is 2. The standard InChI is InChI=1S/C13H13NO2/c1-4-10(2)11(3)9-12-5-7-13(8-6-12)14(15)16/h5-9H,1H2,2-3H3/b11-9+. The van der Waals surface area contributed by atoms with Crippen molar-refractivity contribution >= 4 is 11.8 Å². The fourth-order valence-electron chi connectivity index (χ4n) is 1.19. The Balaban J connectivity index is 3.00. The summed E-state index contributed by atoms with van der Waals surface area (Å²) in [6, 6.07) is 6.42. The lowest BCUT2D eigenvalue weighted by atomic mass is 10.1. The van der Waals surface area contributed by atoms with Crippen LogP contribution in [0.25, 0.3) is 6.08 Å². The molecule has 1 rings (SSSR count). The molecule has 82 valence electrons.